The van der Waals surface area contributed by atoms with Crippen LogP contribution in [-0.2, 0) is 0 Å². The minimum Gasteiger partial charge on any atom is -0.383 e. The number of nitrogens with one attached hydrogen (secondary N) is 1. The standard InChI is InChI=1S/C17H15FN4S/c1-11-5-6-14(18)8-15(11)13-4-2-3-12(7-13)9-20-22-17-21-16(19)10-23-17/h2-10H,19H2,1H3,(H,21,22). The number of nitrogen functional groups attached to an aromatic ring is 1. The molecule has 3 aromatic rings. The van der Waals surface area contributed by atoms with Crippen LogP contribution in [0.5, 0.6) is 0 Å². The van der Waals surface area contributed by atoms with Crippen molar-refractivity contribution in [3.63, 3.8) is 0 Å². The molecule has 0 fully saturated rings. The first kappa shape index (κ1) is 15.2. The molecular formula is C17H15FN4S. The van der Waals surface area contributed by atoms with Crippen molar-refractivity contribution < 1.29 is 4.39 Å². The Morgan fingerprint density at radius 3 is 2.91 bits per heavy atom. The molecule has 1 aromatic heterocycles. The van der Waals surface area contributed by atoms with Gasteiger partial charge in [0.25, 0.3) is 0 Å². The third-order valence-corrected chi connectivity index (χ3v) is 4.06. The molecule has 2 aromatic carbocycles. The number of rotatable bonds is 4. The number of aromatic nitrogens is 1. The molecule has 23 heavy (non-hydrogen) atoms. The summed E-state index contributed by atoms with van der Waals surface area (Å²) in [5.41, 5.74) is 12.1. The van der Waals surface area contributed by atoms with Crippen LogP contribution in [0.2, 0.25) is 0 Å². The average Bonchev–Trinajstić information content (AvgIpc) is 2.95. The van der Waals surface area contributed by atoms with Crippen LogP contribution in [0.1, 0.15) is 11.1 Å². The molecule has 0 spiro atoms. The number of anilines is 2. The molecule has 3 N–H and O–H groups in total. The monoisotopic (exact) mass is 326 g/mol. The molecule has 0 bridgehead atoms. The van der Waals surface area contributed by atoms with E-state index in [9.17, 15) is 4.39 Å². The molecule has 0 atom stereocenters. The van der Waals surface area contributed by atoms with Gasteiger partial charge >= 0.3 is 0 Å². The van der Waals surface area contributed by atoms with Crippen molar-refractivity contribution in [2.45, 2.75) is 6.92 Å². The summed E-state index contributed by atoms with van der Waals surface area (Å²) < 4.78 is 13.5. The number of hydrogen-bond acceptors (Lipinski definition) is 5. The summed E-state index contributed by atoms with van der Waals surface area (Å²) in [6, 6.07) is 12.6. The van der Waals surface area contributed by atoms with Crippen LogP contribution in [0.15, 0.2) is 52.9 Å². The maximum absolute atomic E-state index is 13.5. The van der Waals surface area contributed by atoms with Gasteiger partial charge in [0.15, 0.2) is 0 Å². The van der Waals surface area contributed by atoms with E-state index in [0.717, 1.165) is 22.3 Å². The van der Waals surface area contributed by atoms with Gasteiger partial charge in [-0.3, -0.25) is 5.43 Å². The Hall–Kier alpha value is -2.73. The van der Waals surface area contributed by atoms with Crippen LogP contribution in [0, 0.1) is 12.7 Å². The molecule has 6 heteroatoms. The Balaban J connectivity index is 1.81. The molecule has 0 unspecified atom stereocenters. The summed E-state index contributed by atoms with van der Waals surface area (Å²) in [5.74, 6) is 0.226. The van der Waals surface area contributed by atoms with Gasteiger partial charge < -0.3 is 5.73 Å². The lowest BCUT2D eigenvalue weighted by atomic mass is 9.99. The van der Waals surface area contributed by atoms with Gasteiger partial charge in [0.1, 0.15) is 11.6 Å². The maximum atomic E-state index is 13.5. The lowest BCUT2D eigenvalue weighted by Gasteiger charge is -2.07. The molecule has 116 valence electrons. The van der Waals surface area contributed by atoms with Gasteiger partial charge in [0.2, 0.25) is 5.13 Å². The highest BCUT2D eigenvalue weighted by molar-refractivity contribution is 7.14. The van der Waals surface area contributed by atoms with Crippen LogP contribution in [0.4, 0.5) is 15.3 Å². The Morgan fingerprint density at radius 2 is 2.13 bits per heavy atom. The maximum Gasteiger partial charge on any atom is 0.205 e. The number of halogens is 1. The van der Waals surface area contributed by atoms with Crippen molar-refractivity contribution >= 4 is 28.5 Å². The largest absolute Gasteiger partial charge is 0.383 e. The average molecular weight is 326 g/mol. The molecule has 0 aliphatic carbocycles. The number of benzene rings is 2. The lowest BCUT2D eigenvalue weighted by molar-refractivity contribution is 0.628. The fourth-order valence-electron chi connectivity index (χ4n) is 2.19. The van der Waals surface area contributed by atoms with E-state index in [4.69, 9.17) is 5.73 Å². The molecule has 0 saturated carbocycles. The predicted octanol–water partition coefficient (Wildman–Crippen LogP) is 4.29. The quantitative estimate of drug-likeness (QED) is 0.555. The predicted molar refractivity (Wildman–Crippen MR) is 94.3 cm³/mol. The van der Waals surface area contributed by atoms with Crippen LogP contribution < -0.4 is 11.2 Å². The highest BCUT2D eigenvalue weighted by Gasteiger charge is 2.04. The van der Waals surface area contributed by atoms with E-state index in [0.29, 0.717) is 10.9 Å². The van der Waals surface area contributed by atoms with E-state index in [2.05, 4.69) is 15.5 Å². The van der Waals surface area contributed by atoms with Crippen LogP contribution >= 0.6 is 11.3 Å². The topological polar surface area (TPSA) is 63.3 Å². The van der Waals surface area contributed by atoms with Gasteiger partial charge in [-0.25, -0.2) is 9.37 Å². The minimum atomic E-state index is -0.243. The van der Waals surface area contributed by atoms with Gasteiger partial charge in [0.05, 0.1) is 6.21 Å². The summed E-state index contributed by atoms with van der Waals surface area (Å²) >= 11 is 1.39. The zero-order valence-electron chi connectivity index (χ0n) is 12.5. The summed E-state index contributed by atoms with van der Waals surface area (Å²) in [6.45, 7) is 1.96. The molecule has 3 rings (SSSR count). The summed E-state index contributed by atoms with van der Waals surface area (Å²) in [5, 5.41) is 6.52. The van der Waals surface area contributed by atoms with Gasteiger partial charge in [-0.05, 0) is 47.4 Å². The van der Waals surface area contributed by atoms with Crippen molar-refractivity contribution in [3.05, 3.63) is 64.8 Å². The summed E-state index contributed by atoms with van der Waals surface area (Å²) in [4.78, 5) is 4.06. The highest BCUT2D eigenvalue weighted by atomic mass is 32.1. The highest BCUT2D eigenvalue weighted by Crippen LogP contribution is 2.24. The van der Waals surface area contributed by atoms with E-state index >= 15 is 0 Å². The van der Waals surface area contributed by atoms with Crippen molar-refractivity contribution in [2.24, 2.45) is 5.10 Å². The van der Waals surface area contributed by atoms with E-state index in [1.54, 1.807) is 23.7 Å². The second-order valence-corrected chi connectivity index (χ2v) is 5.89. The number of nitrogens with zero attached hydrogens (tertiary/aromatic N) is 2. The number of hydrogen-bond donors (Lipinski definition) is 2. The smallest absolute Gasteiger partial charge is 0.205 e. The van der Waals surface area contributed by atoms with Crippen molar-refractivity contribution in [1.29, 1.82) is 0 Å². The molecule has 0 aliphatic rings. The Labute approximate surface area is 137 Å². The van der Waals surface area contributed by atoms with Crippen molar-refractivity contribution in [1.82, 2.24) is 4.98 Å². The molecule has 0 saturated heterocycles. The van der Waals surface area contributed by atoms with Crippen LogP contribution in [0.25, 0.3) is 11.1 Å². The van der Waals surface area contributed by atoms with Gasteiger partial charge in [0, 0.05) is 5.38 Å². The third-order valence-electron chi connectivity index (χ3n) is 3.29. The molecule has 1 heterocycles. The first-order chi connectivity index (χ1) is 11.1. The SMILES string of the molecule is Cc1ccc(F)cc1-c1cccc(C=NNc2nc(N)cs2)c1. The lowest BCUT2D eigenvalue weighted by Crippen LogP contribution is -1.92. The number of thiazole rings is 1. The fourth-order valence-corrected chi connectivity index (χ4v) is 2.74. The second kappa shape index (κ2) is 6.58. The van der Waals surface area contributed by atoms with Gasteiger partial charge in [-0.1, -0.05) is 24.3 Å². The normalized spacial score (nSPS) is 11.0. The molecular weight excluding hydrogens is 311 g/mol. The second-order valence-electron chi connectivity index (χ2n) is 5.03. The first-order valence-corrected chi connectivity index (χ1v) is 7.86. The van der Waals surface area contributed by atoms with Gasteiger partial charge in [-0.15, -0.1) is 11.3 Å². The Morgan fingerprint density at radius 1 is 1.26 bits per heavy atom. The third kappa shape index (κ3) is 3.73. The van der Waals surface area contributed by atoms with E-state index < -0.39 is 0 Å². The van der Waals surface area contributed by atoms with E-state index in [1.807, 2.05) is 31.2 Å². The van der Waals surface area contributed by atoms with Gasteiger partial charge in [-0.2, -0.15) is 5.10 Å². The number of aryl methyl sites for hydroxylation is 1. The summed E-state index contributed by atoms with van der Waals surface area (Å²) in [7, 11) is 0. The molecule has 0 radical (unpaired) electrons. The van der Waals surface area contributed by atoms with Crippen LogP contribution in [0.3, 0.4) is 0 Å². The number of hydrazone groups is 1. The minimum absolute atomic E-state index is 0.243. The number of nitrogens with two attached hydrogens (primary N) is 1. The Bertz CT molecular complexity index is 857. The van der Waals surface area contributed by atoms with Crippen LogP contribution in [-0.4, -0.2) is 11.2 Å². The van der Waals surface area contributed by atoms with Crippen molar-refractivity contribution in [3.8, 4) is 11.1 Å². The molecule has 4 nitrogen and oxygen atoms in total. The Kier molecular flexibility index (Phi) is 4.34. The fraction of sp³-hybridized carbons (Fsp3) is 0.0588. The van der Waals surface area contributed by atoms with Crippen molar-refractivity contribution in [2.75, 3.05) is 11.2 Å². The summed E-state index contributed by atoms with van der Waals surface area (Å²) in [6.07, 6.45) is 1.69. The van der Waals surface area contributed by atoms with E-state index in [-0.39, 0.29) is 5.82 Å². The molecule has 0 aliphatic heterocycles. The zero-order valence-corrected chi connectivity index (χ0v) is 13.3. The first-order valence-electron chi connectivity index (χ1n) is 6.98. The zero-order chi connectivity index (χ0) is 16.2. The van der Waals surface area contributed by atoms with E-state index in [1.165, 1.54) is 17.4 Å². The molecule has 0 amide bonds.